The second kappa shape index (κ2) is 5.38. The van der Waals surface area contributed by atoms with Crippen LogP contribution in [-0.4, -0.2) is 34.6 Å². The summed E-state index contributed by atoms with van der Waals surface area (Å²) in [6.45, 7) is 8.30. The van der Waals surface area contributed by atoms with Crippen molar-refractivity contribution in [3.63, 3.8) is 0 Å². The van der Waals surface area contributed by atoms with Gasteiger partial charge in [-0.25, -0.2) is 0 Å². The molecule has 0 spiro atoms. The maximum atomic E-state index is 10.8. The SMILES string of the molecule is CC1CN(Cc2cc([N+](=O)[O-])ccc2N)CC(C)(C)O1. The van der Waals surface area contributed by atoms with Crippen molar-refractivity contribution in [1.29, 1.82) is 0 Å². The maximum absolute atomic E-state index is 10.8. The number of nitro groups is 1. The Labute approximate surface area is 118 Å². The molecular formula is C14H21N3O3. The molecule has 1 aromatic rings. The number of hydrogen-bond donors (Lipinski definition) is 1. The standard InChI is InChI=1S/C14H21N3O3/c1-10-7-16(9-14(2,3)20-10)8-11-6-12(17(18)19)4-5-13(11)15/h4-6,10H,7-9,15H2,1-3H3. The Bertz CT molecular complexity index is 516. The number of anilines is 1. The number of nitro benzene ring substituents is 1. The van der Waals surface area contributed by atoms with E-state index >= 15 is 0 Å². The average Bonchev–Trinajstić information content (AvgIpc) is 2.28. The van der Waals surface area contributed by atoms with Crippen molar-refractivity contribution in [2.24, 2.45) is 0 Å². The highest BCUT2D eigenvalue weighted by Gasteiger charge is 2.31. The minimum absolute atomic E-state index is 0.0785. The predicted octanol–water partition coefficient (Wildman–Crippen LogP) is 2.18. The van der Waals surface area contributed by atoms with Gasteiger partial charge >= 0.3 is 0 Å². The van der Waals surface area contributed by atoms with Gasteiger partial charge < -0.3 is 10.5 Å². The molecule has 0 aliphatic carbocycles. The topological polar surface area (TPSA) is 81.6 Å². The fourth-order valence-electron chi connectivity index (χ4n) is 2.79. The molecule has 110 valence electrons. The van der Waals surface area contributed by atoms with E-state index in [1.54, 1.807) is 12.1 Å². The van der Waals surface area contributed by atoms with E-state index in [0.29, 0.717) is 12.2 Å². The first-order valence-corrected chi connectivity index (χ1v) is 6.70. The Kier molecular flexibility index (Phi) is 3.96. The molecule has 6 nitrogen and oxygen atoms in total. The summed E-state index contributed by atoms with van der Waals surface area (Å²) in [4.78, 5) is 12.7. The molecule has 0 radical (unpaired) electrons. The Hall–Kier alpha value is -1.66. The number of nitrogens with two attached hydrogens (primary N) is 1. The minimum atomic E-state index is -0.394. The van der Waals surface area contributed by atoms with Crippen LogP contribution in [0.1, 0.15) is 26.3 Å². The van der Waals surface area contributed by atoms with Crippen molar-refractivity contribution in [2.45, 2.75) is 39.0 Å². The Morgan fingerprint density at radius 2 is 2.25 bits per heavy atom. The lowest BCUT2D eigenvalue weighted by Gasteiger charge is -2.41. The van der Waals surface area contributed by atoms with Crippen LogP contribution < -0.4 is 5.73 Å². The minimum Gasteiger partial charge on any atom is -0.398 e. The van der Waals surface area contributed by atoms with Gasteiger partial charge in [0.15, 0.2) is 0 Å². The molecule has 0 saturated carbocycles. The zero-order chi connectivity index (χ0) is 14.9. The Balaban J connectivity index is 2.17. The van der Waals surface area contributed by atoms with E-state index in [9.17, 15) is 10.1 Å². The molecule has 1 heterocycles. The van der Waals surface area contributed by atoms with Crippen molar-refractivity contribution in [2.75, 3.05) is 18.8 Å². The number of nitrogen functional groups attached to an aromatic ring is 1. The molecule has 1 fully saturated rings. The Morgan fingerprint density at radius 1 is 1.55 bits per heavy atom. The van der Waals surface area contributed by atoms with Crippen molar-refractivity contribution < 1.29 is 9.66 Å². The number of hydrogen-bond acceptors (Lipinski definition) is 5. The van der Waals surface area contributed by atoms with E-state index in [-0.39, 0.29) is 17.4 Å². The highest BCUT2D eigenvalue weighted by Crippen LogP contribution is 2.25. The summed E-state index contributed by atoms with van der Waals surface area (Å²) in [5.74, 6) is 0. The summed E-state index contributed by atoms with van der Waals surface area (Å²) in [6, 6.07) is 4.59. The van der Waals surface area contributed by atoms with Crippen LogP contribution >= 0.6 is 0 Å². The highest BCUT2D eigenvalue weighted by molar-refractivity contribution is 5.52. The van der Waals surface area contributed by atoms with Gasteiger partial charge in [0.1, 0.15) is 0 Å². The second-order valence-electron chi connectivity index (χ2n) is 6.00. The second-order valence-corrected chi connectivity index (χ2v) is 6.00. The maximum Gasteiger partial charge on any atom is 0.269 e. The van der Waals surface area contributed by atoms with Crippen molar-refractivity contribution in [1.82, 2.24) is 4.90 Å². The van der Waals surface area contributed by atoms with Gasteiger partial charge in [-0.1, -0.05) is 0 Å². The van der Waals surface area contributed by atoms with E-state index in [0.717, 1.165) is 18.7 Å². The van der Waals surface area contributed by atoms with Crippen LogP contribution in [0, 0.1) is 10.1 Å². The van der Waals surface area contributed by atoms with Gasteiger partial charge in [0.05, 0.1) is 16.6 Å². The van der Waals surface area contributed by atoms with E-state index in [4.69, 9.17) is 10.5 Å². The average molecular weight is 279 g/mol. The molecule has 1 saturated heterocycles. The van der Waals surface area contributed by atoms with Crippen LogP contribution in [0.4, 0.5) is 11.4 Å². The molecule has 1 aliphatic heterocycles. The number of rotatable bonds is 3. The third-order valence-electron chi connectivity index (χ3n) is 3.37. The summed E-state index contributed by atoms with van der Waals surface area (Å²) < 4.78 is 5.85. The van der Waals surface area contributed by atoms with Gasteiger partial charge in [-0.2, -0.15) is 0 Å². The number of nitrogens with zero attached hydrogens (tertiary/aromatic N) is 2. The smallest absolute Gasteiger partial charge is 0.269 e. The largest absolute Gasteiger partial charge is 0.398 e. The molecular weight excluding hydrogens is 258 g/mol. The number of morpholine rings is 1. The molecule has 1 atom stereocenters. The summed E-state index contributed by atoms with van der Waals surface area (Å²) in [5, 5.41) is 10.8. The summed E-state index contributed by atoms with van der Waals surface area (Å²) in [7, 11) is 0. The monoisotopic (exact) mass is 279 g/mol. The number of non-ortho nitro benzene ring substituents is 1. The highest BCUT2D eigenvalue weighted by atomic mass is 16.6. The first kappa shape index (κ1) is 14.7. The predicted molar refractivity (Wildman–Crippen MR) is 77.4 cm³/mol. The van der Waals surface area contributed by atoms with Gasteiger partial charge in [-0.05, 0) is 32.4 Å². The van der Waals surface area contributed by atoms with Gasteiger partial charge in [0.2, 0.25) is 0 Å². The van der Waals surface area contributed by atoms with Crippen LogP contribution in [0.2, 0.25) is 0 Å². The molecule has 6 heteroatoms. The molecule has 0 bridgehead atoms. The summed E-state index contributed by atoms with van der Waals surface area (Å²) in [5.41, 5.74) is 7.18. The third-order valence-corrected chi connectivity index (χ3v) is 3.37. The van der Waals surface area contributed by atoms with Crippen LogP contribution in [0.25, 0.3) is 0 Å². The molecule has 0 aromatic heterocycles. The summed E-state index contributed by atoms with van der Waals surface area (Å²) in [6.07, 6.45) is 0.138. The normalized spacial score (nSPS) is 22.6. The van der Waals surface area contributed by atoms with E-state index in [1.165, 1.54) is 6.07 Å². The van der Waals surface area contributed by atoms with Crippen LogP contribution in [0.15, 0.2) is 18.2 Å². The zero-order valence-corrected chi connectivity index (χ0v) is 12.1. The molecule has 2 N–H and O–H groups in total. The van der Waals surface area contributed by atoms with Crippen molar-refractivity contribution in [3.05, 3.63) is 33.9 Å². The zero-order valence-electron chi connectivity index (χ0n) is 12.1. The Morgan fingerprint density at radius 3 is 2.85 bits per heavy atom. The lowest BCUT2D eigenvalue weighted by atomic mass is 10.0. The fourth-order valence-corrected chi connectivity index (χ4v) is 2.79. The van der Waals surface area contributed by atoms with E-state index in [2.05, 4.69) is 4.90 Å². The van der Waals surface area contributed by atoms with Gasteiger partial charge in [0, 0.05) is 37.5 Å². The lowest BCUT2D eigenvalue weighted by Crippen LogP contribution is -2.51. The lowest BCUT2D eigenvalue weighted by molar-refractivity contribution is -0.384. The molecule has 20 heavy (non-hydrogen) atoms. The van der Waals surface area contributed by atoms with Crippen molar-refractivity contribution >= 4 is 11.4 Å². The third kappa shape index (κ3) is 3.46. The van der Waals surface area contributed by atoms with Gasteiger partial charge in [0.25, 0.3) is 5.69 Å². The summed E-state index contributed by atoms with van der Waals surface area (Å²) >= 11 is 0. The van der Waals surface area contributed by atoms with Gasteiger partial charge in [-0.3, -0.25) is 15.0 Å². The van der Waals surface area contributed by atoms with Crippen LogP contribution in [0.5, 0.6) is 0 Å². The first-order valence-electron chi connectivity index (χ1n) is 6.70. The van der Waals surface area contributed by atoms with Gasteiger partial charge in [-0.15, -0.1) is 0 Å². The number of benzene rings is 1. The first-order chi connectivity index (χ1) is 9.27. The van der Waals surface area contributed by atoms with Crippen molar-refractivity contribution in [3.8, 4) is 0 Å². The molecule has 1 aromatic carbocycles. The van der Waals surface area contributed by atoms with Crippen LogP contribution in [-0.2, 0) is 11.3 Å². The quantitative estimate of drug-likeness (QED) is 0.521. The number of ether oxygens (including phenoxy) is 1. The fraction of sp³-hybridized carbons (Fsp3) is 0.571. The van der Waals surface area contributed by atoms with Crippen LogP contribution in [0.3, 0.4) is 0 Å². The molecule has 0 amide bonds. The van der Waals surface area contributed by atoms with E-state index < -0.39 is 4.92 Å². The van der Waals surface area contributed by atoms with E-state index in [1.807, 2.05) is 20.8 Å². The molecule has 1 unspecified atom stereocenters. The molecule has 1 aliphatic rings. The molecule has 2 rings (SSSR count).